The number of hydrogen-bond donors (Lipinski definition) is 4. The number of piperidine rings is 3. The lowest BCUT2D eigenvalue weighted by molar-refractivity contribution is -0.122. The molecule has 1 aromatic carbocycles. The lowest BCUT2D eigenvalue weighted by Crippen LogP contribution is -2.57. The highest BCUT2D eigenvalue weighted by atomic mass is 16.3. The Balaban J connectivity index is 0.000000730. The van der Waals surface area contributed by atoms with Crippen molar-refractivity contribution in [3.63, 3.8) is 0 Å². The van der Waals surface area contributed by atoms with E-state index in [4.69, 9.17) is 9.90 Å². The van der Waals surface area contributed by atoms with E-state index < -0.39 is 0 Å². The van der Waals surface area contributed by atoms with Gasteiger partial charge < -0.3 is 25.5 Å². The Bertz CT molecular complexity index is 946. The van der Waals surface area contributed by atoms with Crippen LogP contribution in [-0.2, 0) is 4.79 Å². The van der Waals surface area contributed by atoms with Gasteiger partial charge in [-0.25, -0.2) is 4.79 Å². The highest BCUT2D eigenvalue weighted by molar-refractivity contribution is 6.06. The first-order chi connectivity index (χ1) is 15.1. The van der Waals surface area contributed by atoms with E-state index in [1.807, 2.05) is 23.1 Å². The van der Waals surface area contributed by atoms with E-state index >= 15 is 0 Å². The average molecular weight is 428 g/mol. The van der Waals surface area contributed by atoms with Crippen LogP contribution in [0.2, 0.25) is 0 Å². The third kappa shape index (κ3) is 4.63. The molecule has 4 saturated heterocycles. The minimum Gasteiger partial charge on any atom is -0.483 e. The molecule has 2 aromatic rings. The van der Waals surface area contributed by atoms with Crippen LogP contribution in [0.5, 0.6) is 0 Å². The predicted molar refractivity (Wildman–Crippen MR) is 115 cm³/mol. The minimum atomic E-state index is -0.250. The molecule has 10 nitrogen and oxygen atoms in total. The third-order valence-corrected chi connectivity index (χ3v) is 6.40. The Morgan fingerprint density at radius 2 is 1.87 bits per heavy atom. The summed E-state index contributed by atoms with van der Waals surface area (Å²) in [5.74, 6) is 0.419. The number of anilines is 1. The van der Waals surface area contributed by atoms with Crippen LogP contribution in [0.15, 0.2) is 18.2 Å². The number of aromatic amines is 1. The molecular weight excluding hydrogens is 400 g/mol. The number of aromatic nitrogens is 2. The molecule has 4 aliphatic rings. The van der Waals surface area contributed by atoms with Crippen LogP contribution >= 0.6 is 0 Å². The Morgan fingerprint density at radius 1 is 1.16 bits per heavy atom. The standard InChI is InChI=1S/C20H26N6O2.CH2O2/c27-19(22-17-12-25-9-5-13(17)6-10-25)18-15-11-14(3-4-16(15)23-24-18)21-20(28)26-7-1-2-8-26;2-1-3/h3-4,11,13,17H,1-2,5-10,12H2,(H,21,28)(H,22,27)(H,23,24);1H,(H,2,3)/t17-;/m1./s1. The summed E-state index contributed by atoms with van der Waals surface area (Å²) in [5, 5.41) is 20.9. The number of carbonyl (C=O) groups is 3. The molecular formula is C21H28N6O4. The quantitative estimate of drug-likeness (QED) is 0.551. The summed E-state index contributed by atoms with van der Waals surface area (Å²) in [4.78, 5) is 37.8. The number of carbonyl (C=O) groups excluding carboxylic acids is 2. The molecule has 6 rings (SSSR count). The van der Waals surface area contributed by atoms with E-state index in [2.05, 4.69) is 25.7 Å². The smallest absolute Gasteiger partial charge is 0.321 e. The van der Waals surface area contributed by atoms with Gasteiger partial charge in [0.05, 0.1) is 5.52 Å². The first kappa shape index (κ1) is 21.1. The molecule has 166 valence electrons. The van der Waals surface area contributed by atoms with E-state index in [9.17, 15) is 9.59 Å². The number of nitrogens with one attached hydrogen (secondary N) is 3. The Hall–Kier alpha value is -3.14. The molecule has 5 heterocycles. The molecule has 4 N–H and O–H groups in total. The maximum atomic E-state index is 12.9. The Kier molecular flexibility index (Phi) is 6.36. The van der Waals surface area contributed by atoms with E-state index in [0.717, 1.165) is 69.3 Å². The summed E-state index contributed by atoms with van der Waals surface area (Å²) in [5.41, 5.74) is 1.87. The fraction of sp³-hybridized carbons (Fsp3) is 0.524. The van der Waals surface area contributed by atoms with Gasteiger partial charge in [-0.2, -0.15) is 5.10 Å². The van der Waals surface area contributed by atoms with Gasteiger partial charge in [0.25, 0.3) is 12.4 Å². The summed E-state index contributed by atoms with van der Waals surface area (Å²) in [6, 6.07) is 5.63. The van der Waals surface area contributed by atoms with Gasteiger partial charge in [0.15, 0.2) is 5.69 Å². The number of hydrogen-bond acceptors (Lipinski definition) is 5. The van der Waals surface area contributed by atoms with Gasteiger partial charge >= 0.3 is 6.03 Å². The lowest BCUT2D eigenvalue weighted by atomic mass is 9.84. The van der Waals surface area contributed by atoms with Crippen molar-refractivity contribution in [3.05, 3.63) is 23.9 Å². The number of likely N-dealkylation sites (tertiary alicyclic amines) is 1. The zero-order valence-electron chi connectivity index (χ0n) is 17.3. The van der Waals surface area contributed by atoms with Gasteiger partial charge in [-0.15, -0.1) is 0 Å². The fourth-order valence-electron chi connectivity index (χ4n) is 4.75. The topological polar surface area (TPSA) is 131 Å². The molecule has 0 aliphatic carbocycles. The number of amides is 3. The maximum Gasteiger partial charge on any atom is 0.321 e. The van der Waals surface area contributed by atoms with Gasteiger partial charge in [0, 0.05) is 36.7 Å². The van der Waals surface area contributed by atoms with E-state index in [0.29, 0.717) is 17.3 Å². The first-order valence-corrected chi connectivity index (χ1v) is 10.7. The summed E-state index contributed by atoms with van der Waals surface area (Å²) in [6.45, 7) is 4.56. The van der Waals surface area contributed by atoms with Crippen LogP contribution in [-0.4, -0.2) is 82.3 Å². The van der Waals surface area contributed by atoms with Crippen LogP contribution in [0.25, 0.3) is 10.9 Å². The number of nitrogens with zero attached hydrogens (tertiary/aromatic N) is 3. The largest absolute Gasteiger partial charge is 0.483 e. The summed E-state index contributed by atoms with van der Waals surface area (Å²) >= 11 is 0. The molecule has 0 spiro atoms. The number of benzene rings is 1. The van der Waals surface area contributed by atoms with Crippen LogP contribution in [0.4, 0.5) is 10.5 Å². The minimum absolute atomic E-state index is 0.0846. The van der Waals surface area contributed by atoms with Crippen molar-refractivity contribution >= 4 is 35.0 Å². The van der Waals surface area contributed by atoms with Crippen molar-refractivity contribution in [2.24, 2.45) is 5.92 Å². The molecule has 1 aromatic heterocycles. The average Bonchev–Trinajstić information content (AvgIpc) is 3.45. The van der Waals surface area contributed by atoms with Crippen LogP contribution < -0.4 is 10.6 Å². The molecule has 4 aliphatic heterocycles. The maximum absolute atomic E-state index is 12.9. The third-order valence-electron chi connectivity index (χ3n) is 6.40. The number of rotatable bonds is 3. The lowest BCUT2D eigenvalue weighted by Gasteiger charge is -2.44. The fourth-order valence-corrected chi connectivity index (χ4v) is 4.75. The second-order valence-corrected chi connectivity index (χ2v) is 8.28. The van der Waals surface area contributed by atoms with Crippen molar-refractivity contribution < 1.29 is 19.5 Å². The molecule has 2 bridgehead atoms. The summed E-state index contributed by atoms with van der Waals surface area (Å²) in [6.07, 6.45) is 4.41. The molecule has 10 heteroatoms. The number of fused-ring (bicyclic) bond motifs is 4. The van der Waals surface area contributed by atoms with Crippen molar-refractivity contribution in [3.8, 4) is 0 Å². The van der Waals surface area contributed by atoms with Crippen LogP contribution in [0.3, 0.4) is 0 Å². The first-order valence-electron chi connectivity index (χ1n) is 10.7. The Labute approximate surface area is 180 Å². The van der Waals surface area contributed by atoms with Crippen LogP contribution in [0.1, 0.15) is 36.2 Å². The highest BCUT2D eigenvalue weighted by Gasteiger charge is 2.35. The second kappa shape index (κ2) is 9.34. The van der Waals surface area contributed by atoms with Crippen molar-refractivity contribution in [2.75, 3.05) is 38.0 Å². The van der Waals surface area contributed by atoms with Gasteiger partial charge in [0.1, 0.15) is 0 Å². The molecule has 31 heavy (non-hydrogen) atoms. The number of urea groups is 1. The molecule has 0 unspecified atom stereocenters. The monoisotopic (exact) mass is 428 g/mol. The van der Waals surface area contributed by atoms with E-state index in [-0.39, 0.29) is 24.5 Å². The number of H-pyrrole nitrogens is 1. The van der Waals surface area contributed by atoms with Gasteiger partial charge in [0.2, 0.25) is 0 Å². The summed E-state index contributed by atoms with van der Waals surface area (Å²) in [7, 11) is 0. The predicted octanol–water partition coefficient (Wildman–Crippen LogP) is 1.72. The number of carboxylic acid groups (broad SMARTS) is 1. The zero-order valence-corrected chi connectivity index (χ0v) is 17.3. The summed E-state index contributed by atoms with van der Waals surface area (Å²) < 4.78 is 0. The van der Waals surface area contributed by atoms with Crippen LogP contribution in [0, 0.1) is 5.92 Å². The van der Waals surface area contributed by atoms with Gasteiger partial charge in [-0.3, -0.25) is 14.7 Å². The van der Waals surface area contributed by atoms with Crippen molar-refractivity contribution in [2.45, 2.75) is 31.7 Å². The Morgan fingerprint density at radius 3 is 2.52 bits per heavy atom. The molecule has 0 saturated carbocycles. The normalized spacial score (nSPS) is 24.4. The van der Waals surface area contributed by atoms with E-state index in [1.54, 1.807) is 0 Å². The second-order valence-electron chi connectivity index (χ2n) is 8.28. The molecule has 3 amide bonds. The molecule has 0 radical (unpaired) electrons. The van der Waals surface area contributed by atoms with Gasteiger partial charge in [-0.05, 0) is 62.9 Å². The van der Waals surface area contributed by atoms with Gasteiger partial charge in [-0.1, -0.05) is 0 Å². The van der Waals surface area contributed by atoms with Crippen molar-refractivity contribution in [1.82, 2.24) is 25.3 Å². The zero-order chi connectivity index (χ0) is 21.8. The highest BCUT2D eigenvalue weighted by Crippen LogP contribution is 2.28. The van der Waals surface area contributed by atoms with Crippen molar-refractivity contribution in [1.29, 1.82) is 0 Å². The molecule has 1 atom stereocenters. The molecule has 4 fully saturated rings. The SMILES string of the molecule is O=C(N[C@@H]1CN2CCC1CC2)c1n[nH]c2ccc(NC(=O)N3CCCC3)cc12.O=CO. The van der Waals surface area contributed by atoms with E-state index in [1.165, 1.54) is 0 Å².